The van der Waals surface area contributed by atoms with Crippen LogP contribution in [0.25, 0.3) is 21.5 Å². The summed E-state index contributed by atoms with van der Waals surface area (Å²) in [6.45, 7) is 0. The maximum atomic E-state index is 12.4. The molecule has 300 valence electrons. The predicted molar refractivity (Wildman–Crippen MR) is 203 cm³/mol. The smallest absolute Gasteiger partial charge is 0.342 e. The van der Waals surface area contributed by atoms with Gasteiger partial charge >= 0.3 is 11.9 Å². The number of aromatic hydroxyl groups is 2. The first-order valence-electron chi connectivity index (χ1n) is 15.8. The van der Waals surface area contributed by atoms with Gasteiger partial charge in [-0.15, -0.1) is 10.2 Å². The zero-order chi connectivity index (χ0) is 43.1. The quantitative estimate of drug-likeness (QED) is 0.0268. The SMILES string of the molecule is O=C(O)c1cc(N=Nc2c(S(=O)(=O)O)cc3cc(Nc4ccc5c(O)c(N=Nc6ccc([N+](=O)[O-])c(C(=O)O)c6)c(S(=O)(=O)O)cc5c4)ccc3c2O)ccc1[N+](=O)[O-]. The number of nitrogens with zero attached hydrogens (tertiary/aromatic N) is 6. The lowest BCUT2D eigenvalue weighted by atomic mass is 10.1. The monoisotopic (exact) mass is 847 g/mol. The average molecular weight is 848 g/mol. The molecule has 0 amide bonds. The van der Waals surface area contributed by atoms with E-state index in [1.54, 1.807) is 0 Å². The number of nitro benzene ring substituents is 2. The number of nitrogens with one attached hydrogen (secondary N) is 1. The first kappa shape index (κ1) is 40.7. The van der Waals surface area contributed by atoms with Crippen molar-refractivity contribution in [1.82, 2.24) is 0 Å². The second-order valence-corrected chi connectivity index (χ2v) is 14.8. The lowest BCUT2D eigenvalue weighted by Gasteiger charge is -2.13. The minimum atomic E-state index is -5.11. The normalized spacial score (nSPS) is 12.0. The van der Waals surface area contributed by atoms with Gasteiger partial charge < -0.3 is 25.7 Å². The van der Waals surface area contributed by atoms with Crippen LogP contribution in [-0.4, -0.2) is 68.2 Å². The number of carbonyl (C=O) groups is 2. The lowest BCUT2D eigenvalue weighted by Crippen LogP contribution is -2.02. The Hall–Kier alpha value is -8.00. The number of carboxylic acids is 2. The standard InChI is InChI=1S/C34H21N7O16S2/c42-31-21-5-1-17(9-15(21)11-27(58(52,53)54)29(31)38-36-19-3-7-25(40(48)49)23(13-19)33(44)45)35-18-2-6-22-16(10-18)12-28(59(55,56)57)30(32(22)43)39-37-20-4-8-26(41(50)51)24(14-20)34(46)47/h1-14,35,42-43H,(H,44,45)(H,46,47)(H,52,53,54)(H,55,56,57). The zero-order valence-electron chi connectivity index (χ0n) is 28.8. The number of benzene rings is 6. The molecule has 0 bridgehead atoms. The number of phenols is 2. The van der Waals surface area contributed by atoms with Gasteiger partial charge in [0.2, 0.25) is 0 Å². The highest BCUT2D eigenvalue weighted by Gasteiger charge is 2.26. The van der Waals surface area contributed by atoms with E-state index in [2.05, 4.69) is 25.8 Å². The van der Waals surface area contributed by atoms with Gasteiger partial charge in [-0.05, 0) is 83.6 Å². The number of fused-ring (bicyclic) bond motifs is 2. The van der Waals surface area contributed by atoms with E-state index in [1.807, 2.05) is 0 Å². The minimum absolute atomic E-state index is 0.0114. The molecular weight excluding hydrogens is 827 g/mol. The van der Waals surface area contributed by atoms with Gasteiger partial charge in [-0.25, -0.2) is 9.59 Å². The van der Waals surface area contributed by atoms with Gasteiger partial charge in [0.15, 0.2) is 11.5 Å². The van der Waals surface area contributed by atoms with Crippen molar-refractivity contribution in [2.75, 3.05) is 5.32 Å². The first-order chi connectivity index (χ1) is 27.6. The second-order valence-electron chi connectivity index (χ2n) is 12.0. The number of phenolic OH excluding ortho intramolecular Hbond substituents is 2. The Kier molecular flexibility index (Phi) is 10.4. The van der Waals surface area contributed by atoms with Crippen molar-refractivity contribution >= 4 is 99.2 Å². The molecule has 0 spiro atoms. The highest BCUT2D eigenvalue weighted by atomic mass is 32.2. The molecule has 25 heteroatoms. The largest absolute Gasteiger partial charge is 0.505 e. The van der Waals surface area contributed by atoms with Crippen LogP contribution >= 0.6 is 0 Å². The molecule has 0 radical (unpaired) electrons. The number of azo groups is 2. The Labute approximate surface area is 327 Å². The Morgan fingerprint density at radius 2 is 0.932 bits per heavy atom. The predicted octanol–water partition coefficient (Wildman–Crippen LogP) is 7.68. The van der Waals surface area contributed by atoms with E-state index >= 15 is 0 Å². The van der Waals surface area contributed by atoms with Gasteiger partial charge in [0.1, 0.15) is 32.3 Å². The van der Waals surface area contributed by atoms with E-state index in [9.17, 15) is 76.2 Å². The molecule has 6 aromatic carbocycles. The summed E-state index contributed by atoms with van der Waals surface area (Å²) in [5, 5.41) is 80.9. The molecular formula is C34H21N7O16S2. The molecule has 0 aromatic heterocycles. The Balaban J connectivity index is 1.36. The van der Waals surface area contributed by atoms with E-state index in [-0.39, 0.29) is 44.3 Å². The number of carboxylic acid groups (broad SMARTS) is 2. The third-order valence-corrected chi connectivity index (χ3v) is 10.0. The summed E-state index contributed by atoms with van der Waals surface area (Å²) in [4.78, 5) is 41.6. The molecule has 6 rings (SSSR count). The van der Waals surface area contributed by atoms with Crippen LogP contribution in [0.15, 0.2) is 115 Å². The highest BCUT2D eigenvalue weighted by Crippen LogP contribution is 2.44. The molecule has 0 aliphatic heterocycles. The minimum Gasteiger partial charge on any atom is -0.505 e. The Bertz CT molecular complexity index is 2930. The van der Waals surface area contributed by atoms with Crippen LogP contribution in [-0.2, 0) is 20.2 Å². The summed E-state index contributed by atoms with van der Waals surface area (Å²) in [6, 6.07) is 15.3. The van der Waals surface area contributed by atoms with Crippen LogP contribution in [0.2, 0.25) is 0 Å². The Morgan fingerprint density at radius 3 is 1.25 bits per heavy atom. The molecule has 0 unspecified atom stereocenters. The van der Waals surface area contributed by atoms with Crippen LogP contribution in [0.5, 0.6) is 11.5 Å². The number of nitro groups is 2. The fourth-order valence-corrected chi connectivity index (χ4v) is 6.98. The van der Waals surface area contributed by atoms with Crippen LogP contribution in [0.4, 0.5) is 45.5 Å². The summed E-state index contributed by atoms with van der Waals surface area (Å²) >= 11 is 0. The van der Waals surface area contributed by atoms with Gasteiger partial charge in [-0.2, -0.15) is 27.1 Å². The third-order valence-electron chi connectivity index (χ3n) is 8.29. The van der Waals surface area contributed by atoms with E-state index in [0.717, 1.165) is 48.5 Å². The molecule has 0 aliphatic carbocycles. The van der Waals surface area contributed by atoms with Gasteiger partial charge in [0, 0.05) is 34.3 Å². The van der Waals surface area contributed by atoms with Crippen LogP contribution < -0.4 is 5.32 Å². The van der Waals surface area contributed by atoms with Crippen LogP contribution in [0.1, 0.15) is 20.7 Å². The highest BCUT2D eigenvalue weighted by molar-refractivity contribution is 7.86. The summed E-state index contributed by atoms with van der Waals surface area (Å²) in [5.41, 5.74) is -4.62. The maximum absolute atomic E-state index is 12.4. The third kappa shape index (κ3) is 8.27. The van der Waals surface area contributed by atoms with Crippen LogP contribution in [0, 0.1) is 20.2 Å². The van der Waals surface area contributed by atoms with Crippen molar-refractivity contribution in [1.29, 1.82) is 0 Å². The lowest BCUT2D eigenvalue weighted by molar-refractivity contribution is -0.385. The van der Waals surface area contributed by atoms with Crippen LogP contribution in [0.3, 0.4) is 0 Å². The molecule has 0 aliphatic rings. The number of anilines is 2. The fourth-order valence-electron chi connectivity index (χ4n) is 5.66. The molecule has 0 saturated carbocycles. The molecule has 23 nitrogen and oxygen atoms in total. The summed E-state index contributed by atoms with van der Waals surface area (Å²) in [7, 11) is -10.2. The van der Waals surface area contributed by atoms with Crippen molar-refractivity contribution in [3.05, 3.63) is 116 Å². The molecule has 6 aromatic rings. The topological polar surface area (TPSA) is 372 Å². The van der Waals surface area contributed by atoms with E-state index < -0.39 is 97.2 Å². The number of aromatic carboxylic acids is 2. The molecule has 59 heavy (non-hydrogen) atoms. The van der Waals surface area contributed by atoms with Gasteiger partial charge in [0.05, 0.1) is 21.2 Å². The van der Waals surface area contributed by atoms with Crippen molar-refractivity contribution in [3.63, 3.8) is 0 Å². The fraction of sp³-hybridized carbons (Fsp3) is 0. The summed E-state index contributed by atoms with van der Waals surface area (Å²) in [6.07, 6.45) is 0. The van der Waals surface area contributed by atoms with Gasteiger partial charge in [-0.3, -0.25) is 29.3 Å². The first-order valence-corrected chi connectivity index (χ1v) is 18.7. The van der Waals surface area contributed by atoms with Gasteiger partial charge in [-0.1, -0.05) is 0 Å². The number of rotatable bonds is 12. The van der Waals surface area contributed by atoms with Crippen molar-refractivity contribution < 1.29 is 65.8 Å². The van der Waals surface area contributed by atoms with Gasteiger partial charge in [0.25, 0.3) is 31.6 Å². The number of hydrogen-bond donors (Lipinski definition) is 7. The van der Waals surface area contributed by atoms with E-state index in [1.165, 1.54) is 36.4 Å². The van der Waals surface area contributed by atoms with Crippen molar-refractivity contribution in [2.24, 2.45) is 20.5 Å². The molecule has 0 fully saturated rings. The maximum Gasteiger partial charge on any atom is 0.342 e. The summed E-state index contributed by atoms with van der Waals surface area (Å²) in [5.74, 6) is -4.89. The Morgan fingerprint density at radius 1 is 0.559 bits per heavy atom. The molecule has 7 N–H and O–H groups in total. The van der Waals surface area contributed by atoms with E-state index in [4.69, 9.17) is 0 Å². The summed E-state index contributed by atoms with van der Waals surface area (Å²) < 4.78 is 69.6. The molecule has 0 atom stereocenters. The van der Waals surface area contributed by atoms with E-state index in [0.29, 0.717) is 0 Å². The number of hydrogen-bond acceptors (Lipinski definition) is 17. The average Bonchev–Trinajstić information content (AvgIpc) is 3.15. The zero-order valence-corrected chi connectivity index (χ0v) is 30.5. The second kappa shape index (κ2) is 15.2. The molecule has 0 heterocycles. The molecule has 0 saturated heterocycles. The van der Waals surface area contributed by atoms with Crippen molar-refractivity contribution in [2.45, 2.75) is 9.79 Å². The van der Waals surface area contributed by atoms with Crippen molar-refractivity contribution in [3.8, 4) is 11.5 Å².